The van der Waals surface area contributed by atoms with Crippen LogP contribution in [0.15, 0.2) is 24.3 Å². The molecule has 112 valence electrons. The SMILES string of the molecule is CCOC(C(C)C)C(O)CC1CCCc2ccccc21. The van der Waals surface area contributed by atoms with Crippen molar-refractivity contribution in [2.75, 3.05) is 6.61 Å². The molecular weight excluding hydrogens is 248 g/mol. The Labute approximate surface area is 123 Å². The zero-order valence-electron chi connectivity index (χ0n) is 13.0. The van der Waals surface area contributed by atoms with Crippen molar-refractivity contribution in [1.29, 1.82) is 0 Å². The molecule has 0 fully saturated rings. The molecule has 0 saturated carbocycles. The Morgan fingerprint density at radius 3 is 2.75 bits per heavy atom. The first kappa shape index (κ1) is 15.5. The van der Waals surface area contributed by atoms with Gasteiger partial charge in [0.25, 0.3) is 0 Å². The number of ether oxygens (including phenoxy) is 1. The summed E-state index contributed by atoms with van der Waals surface area (Å²) in [5.41, 5.74) is 2.91. The first-order valence-electron chi connectivity index (χ1n) is 8.01. The average molecular weight is 276 g/mol. The minimum absolute atomic E-state index is 0.0471. The molecular formula is C18H28O2. The molecule has 2 rings (SSSR count). The Hall–Kier alpha value is -0.860. The maximum atomic E-state index is 10.6. The smallest absolute Gasteiger partial charge is 0.0856 e. The van der Waals surface area contributed by atoms with Crippen molar-refractivity contribution in [3.05, 3.63) is 35.4 Å². The topological polar surface area (TPSA) is 29.5 Å². The number of benzene rings is 1. The summed E-state index contributed by atoms with van der Waals surface area (Å²) in [5, 5.41) is 10.6. The van der Waals surface area contributed by atoms with E-state index in [9.17, 15) is 5.11 Å². The second-order valence-corrected chi connectivity index (χ2v) is 6.25. The summed E-state index contributed by atoms with van der Waals surface area (Å²) in [6.07, 6.45) is 4.00. The van der Waals surface area contributed by atoms with E-state index in [1.54, 1.807) is 0 Å². The molecule has 0 bridgehead atoms. The van der Waals surface area contributed by atoms with E-state index < -0.39 is 0 Å². The summed E-state index contributed by atoms with van der Waals surface area (Å²) in [5.74, 6) is 0.834. The van der Waals surface area contributed by atoms with Crippen LogP contribution in [0.1, 0.15) is 57.1 Å². The number of hydrogen-bond acceptors (Lipinski definition) is 2. The fourth-order valence-electron chi connectivity index (χ4n) is 3.47. The van der Waals surface area contributed by atoms with Crippen molar-refractivity contribution >= 4 is 0 Å². The standard InChI is InChI=1S/C18H28O2/c1-4-20-18(13(2)3)17(19)12-15-10-7-9-14-8-5-6-11-16(14)15/h5-6,8,11,13,15,17-19H,4,7,9-10,12H2,1-3H3. The summed E-state index contributed by atoms with van der Waals surface area (Å²) in [6.45, 7) is 6.91. The van der Waals surface area contributed by atoms with Crippen molar-refractivity contribution in [3.63, 3.8) is 0 Å². The first-order chi connectivity index (χ1) is 9.63. The van der Waals surface area contributed by atoms with Crippen molar-refractivity contribution in [3.8, 4) is 0 Å². The third-order valence-electron chi connectivity index (χ3n) is 4.42. The maximum absolute atomic E-state index is 10.6. The maximum Gasteiger partial charge on any atom is 0.0856 e. The van der Waals surface area contributed by atoms with E-state index in [0.29, 0.717) is 18.4 Å². The highest BCUT2D eigenvalue weighted by atomic mass is 16.5. The molecule has 2 nitrogen and oxygen atoms in total. The lowest BCUT2D eigenvalue weighted by molar-refractivity contribution is -0.0623. The Balaban J connectivity index is 2.06. The van der Waals surface area contributed by atoms with Crippen LogP contribution in [0, 0.1) is 5.92 Å². The number of aliphatic hydroxyl groups excluding tert-OH is 1. The van der Waals surface area contributed by atoms with Gasteiger partial charge in [-0.25, -0.2) is 0 Å². The van der Waals surface area contributed by atoms with Crippen LogP contribution in [0.5, 0.6) is 0 Å². The van der Waals surface area contributed by atoms with Crippen LogP contribution in [-0.4, -0.2) is 23.9 Å². The van der Waals surface area contributed by atoms with Gasteiger partial charge in [-0.2, -0.15) is 0 Å². The van der Waals surface area contributed by atoms with E-state index in [-0.39, 0.29) is 12.2 Å². The molecule has 2 heteroatoms. The van der Waals surface area contributed by atoms with Gasteiger partial charge in [-0.15, -0.1) is 0 Å². The van der Waals surface area contributed by atoms with Gasteiger partial charge >= 0.3 is 0 Å². The molecule has 3 atom stereocenters. The van der Waals surface area contributed by atoms with E-state index in [2.05, 4.69) is 38.1 Å². The summed E-state index contributed by atoms with van der Waals surface area (Å²) in [6, 6.07) is 8.70. The van der Waals surface area contributed by atoms with Gasteiger partial charge in [0, 0.05) is 6.61 Å². The zero-order chi connectivity index (χ0) is 14.5. The van der Waals surface area contributed by atoms with Crippen LogP contribution in [-0.2, 0) is 11.2 Å². The average Bonchev–Trinajstić information content (AvgIpc) is 2.44. The fraction of sp³-hybridized carbons (Fsp3) is 0.667. The van der Waals surface area contributed by atoms with E-state index in [1.807, 2.05) is 6.92 Å². The highest BCUT2D eigenvalue weighted by Crippen LogP contribution is 2.35. The third-order valence-corrected chi connectivity index (χ3v) is 4.42. The minimum atomic E-state index is -0.369. The van der Waals surface area contributed by atoms with E-state index in [4.69, 9.17) is 4.74 Å². The molecule has 3 unspecified atom stereocenters. The van der Waals surface area contributed by atoms with Gasteiger partial charge in [0.1, 0.15) is 0 Å². The molecule has 0 radical (unpaired) electrons. The largest absolute Gasteiger partial charge is 0.390 e. The molecule has 1 aliphatic carbocycles. The van der Waals surface area contributed by atoms with E-state index in [1.165, 1.54) is 30.4 Å². The van der Waals surface area contributed by atoms with Gasteiger partial charge in [0.2, 0.25) is 0 Å². The summed E-state index contributed by atoms with van der Waals surface area (Å²) in [7, 11) is 0. The summed E-state index contributed by atoms with van der Waals surface area (Å²) >= 11 is 0. The third kappa shape index (κ3) is 3.62. The number of hydrogen-bond donors (Lipinski definition) is 1. The lowest BCUT2D eigenvalue weighted by Crippen LogP contribution is -2.35. The molecule has 0 spiro atoms. The van der Waals surface area contributed by atoms with E-state index >= 15 is 0 Å². The second-order valence-electron chi connectivity index (χ2n) is 6.25. The molecule has 0 saturated heterocycles. The number of aliphatic hydroxyl groups is 1. The molecule has 0 amide bonds. The van der Waals surface area contributed by atoms with Gasteiger partial charge in [0.05, 0.1) is 12.2 Å². The van der Waals surface area contributed by atoms with Crippen LogP contribution in [0.3, 0.4) is 0 Å². The van der Waals surface area contributed by atoms with Crippen molar-refractivity contribution in [2.24, 2.45) is 5.92 Å². The first-order valence-corrected chi connectivity index (χ1v) is 8.01. The minimum Gasteiger partial charge on any atom is -0.390 e. The van der Waals surface area contributed by atoms with Crippen molar-refractivity contribution < 1.29 is 9.84 Å². The lowest BCUT2D eigenvalue weighted by atomic mass is 9.79. The van der Waals surface area contributed by atoms with Crippen molar-refractivity contribution in [2.45, 2.75) is 64.6 Å². The molecule has 0 heterocycles. The van der Waals surface area contributed by atoms with Gasteiger partial charge in [-0.3, -0.25) is 0 Å². The van der Waals surface area contributed by atoms with Crippen LogP contribution in [0.25, 0.3) is 0 Å². The molecule has 1 N–H and O–H groups in total. The Morgan fingerprint density at radius 2 is 2.05 bits per heavy atom. The monoisotopic (exact) mass is 276 g/mol. The van der Waals surface area contributed by atoms with Gasteiger partial charge < -0.3 is 9.84 Å². The normalized spacial score (nSPS) is 21.6. The predicted molar refractivity (Wildman–Crippen MR) is 83.0 cm³/mol. The van der Waals surface area contributed by atoms with Crippen LogP contribution in [0.2, 0.25) is 0 Å². The fourth-order valence-corrected chi connectivity index (χ4v) is 3.47. The number of fused-ring (bicyclic) bond motifs is 1. The molecule has 1 aromatic carbocycles. The predicted octanol–water partition coefficient (Wildman–Crippen LogP) is 3.92. The van der Waals surface area contributed by atoms with Gasteiger partial charge in [-0.05, 0) is 55.6 Å². The van der Waals surface area contributed by atoms with Crippen LogP contribution >= 0.6 is 0 Å². The Bertz CT molecular complexity index is 414. The second kappa shape index (κ2) is 7.24. The number of aryl methyl sites for hydroxylation is 1. The van der Waals surface area contributed by atoms with Gasteiger partial charge in [-0.1, -0.05) is 38.1 Å². The van der Waals surface area contributed by atoms with Crippen LogP contribution in [0.4, 0.5) is 0 Å². The Morgan fingerprint density at radius 1 is 1.30 bits per heavy atom. The summed E-state index contributed by atoms with van der Waals surface area (Å²) in [4.78, 5) is 0. The molecule has 0 aromatic heterocycles. The van der Waals surface area contributed by atoms with Gasteiger partial charge in [0.15, 0.2) is 0 Å². The quantitative estimate of drug-likeness (QED) is 0.853. The highest BCUT2D eigenvalue weighted by Gasteiger charge is 2.28. The van der Waals surface area contributed by atoms with Crippen LogP contribution < -0.4 is 0 Å². The highest BCUT2D eigenvalue weighted by molar-refractivity contribution is 5.32. The molecule has 1 aliphatic rings. The summed E-state index contributed by atoms with van der Waals surface area (Å²) < 4.78 is 5.74. The molecule has 0 aliphatic heterocycles. The number of rotatable bonds is 6. The lowest BCUT2D eigenvalue weighted by Gasteiger charge is -2.32. The van der Waals surface area contributed by atoms with Crippen molar-refractivity contribution in [1.82, 2.24) is 0 Å². The molecule has 1 aromatic rings. The Kier molecular flexibility index (Phi) is 5.62. The molecule has 20 heavy (non-hydrogen) atoms. The van der Waals surface area contributed by atoms with E-state index in [0.717, 1.165) is 6.42 Å². The zero-order valence-corrected chi connectivity index (χ0v) is 13.0.